The molecule has 3 atom stereocenters. The van der Waals surface area contributed by atoms with E-state index in [0.29, 0.717) is 23.5 Å². The molecule has 2 amide bonds. The average Bonchev–Trinajstić information content (AvgIpc) is 3.31. The van der Waals surface area contributed by atoms with Crippen molar-refractivity contribution in [1.29, 1.82) is 0 Å². The average molecular weight is 339 g/mol. The first-order valence-electron chi connectivity index (χ1n) is 8.60. The SMILES string of the molecule is CC(=O)Nc1ccc(-c2ccc(C(=O)NC3CC4CNC3C4)o2)cc1. The predicted molar refractivity (Wildman–Crippen MR) is 94.2 cm³/mol. The van der Waals surface area contributed by atoms with Gasteiger partial charge in [0, 0.05) is 30.3 Å². The van der Waals surface area contributed by atoms with Crippen molar-refractivity contribution in [3.63, 3.8) is 0 Å². The van der Waals surface area contributed by atoms with Crippen LogP contribution >= 0.6 is 0 Å². The van der Waals surface area contributed by atoms with Crippen LogP contribution in [0.4, 0.5) is 5.69 Å². The maximum absolute atomic E-state index is 12.4. The molecule has 2 aliphatic rings. The largest absolute Gasteiger partial charge is 0.451 e. The van der Waals surface area contributed by atoms with Crippen LogP contribution in [0.3, 0.4) is 0 Å². The molecule has 2 fully saturated rings. The van der Waals surface area contributed by atoms with Gasteiger partial charge in [-0.1, -0.05) is 0 Å². The predicted octanol–water partition coefficient (Wildman–Crippen LogP) is 2.39. The maximum atomic E-state index is 12.4. The Morgan fingerprint density at radius 3 is 2.56 bits per heavy atom. The molecule has 2 aromatic rings. The van der Waals surface area contributed by atoms with Crippen molar-refractivity contribution in [1.82, 2.24) is 10.6 Å². The van der Waals surface area contributed by atoms with Gasteiger partial charge in [0.2, 0.25) is 5.91 Å². The van der Waals surface area contributed by atoms with Crippen molar-refractivity contribution < 1.29 is 14.0 Å². The van der Waals surface area contributed by atoms with E-state index >= 15 is 0 Å². The van der Waals surface area contributed by atoms with Crippen LogP contribution in [0.25, 0.3) is 11.3 Å². The van der Waals surface area contributed by atoms with Crippen LogP contribution in [-0.2, 0) is 4.79 Å². The highest BCUT2D eigenvalue weighted by molar-refractivity contribution is 5.92. The van der Waals surface area contributed by atoms with E-state index in [0.717, 1.165) is 30.6 Å². The highest BCUT2D eigenvalue weighted by Crippen LogP contribution is 2.31. The van der Waals surface area contributed by atoms with E-state index < -0.39 is 0 Å². The molecule has 0 radical (unpaired) electrons. The van der Waals surface area contributed by atoms with E-state index in [2.05, 4.69) is 16.0 Å². The Labute approximate surface area is 146 Å². The van der Waals surface area contributed by atoms with Gasteiger partial charge in [-0.25, -0.2) is 0 Å². The molecule has 1 aromatic heterocycles. The number of benzene rings is 1. The summed E-state index contributed by atoms with van der Waals surface area (Å²) in [4.78, 5) is 23.5. The molecule has 3 N–H and O–H groups in total. The standard InChI is InChI=1S/C19H21N3O3/c1-11(23)21-14-4-2-13(3-5-14)17-6-7-18(25-17)19(24)22-16-9-12-8-15(16)20-10-12/h2-7,12,15-16,20H,8-10H2,1H3,(H,21,23)(H,22,24). The number of fused-ring (bicyclic) bond motifs is 2. The Balaban J connectivity index is 1.42. The highest BCUT2D eigenvalue weighted by atomic mass is 16.3. The topological polar surface area (TPSA) is 83.4 Å². The summed E-state index contributed by atoms with van der Waals surface area (Å²) in [6, 6.07) is 11.4. The summed E-state index contributed by atoms with van der Waals surface area (Å²) >= 11 is 0. The van der Waals surface area contributed by atoms with Gasteiger partial charge in [0.15, 0.2) is 5.76 Å². The van der Waals surface area contributed by atoms with Gasteiger partial charge < -0.3 is 20.4 Å². The van der Waals surface area contributed by atoms with Crippen LogP contribution in [0.5, 0.6) is 0 Å². The van der Waals surface area contributed by atoms with Gasteiger partial charge in [-0.2, -0.15) is 0 Å². The fraction of sp³-hybridized carbons (Fsp3) is 0.368. The molecule has 1 saturated heterocycles. The van der Waals surface area contributed by atoms with Gasteiger partial charge in [-0.3, -0.25) is 9.59 Å². The second kappa shape index (κ2) is 6.37. The van der Waals surface area contributed by atoms with Crippen LogP contribution in [-0.4, -0.2) is 30.4 Å². The number of carbonyl (C=O) groups excluding carboxylic acids is 2. The molecule has 3 unspecified atom stereocenters. The Morgan fingerprint density at radius 1 is 1.12 bits per heavy atom. The number of anilines is 1. The van der Waals surface area contributed by atoms with E-state index in [1.807, 2.05) is 12.1 Å². The molecular weight excluding hydrogens is 318 g/mol. The molecule has 130 valence electrons. The first-order valence-corrected chi connectivity index (χ1v) is 8.60. The molecule has 1 aromatic carbocycles. The van der Waals surface area contributed by atoms with Crippen LogP contribution in [0.1, 0.15) is 30.3 Å². The number of carbonyl (C=O) groups is 2. The van der Waals surface area contributed by atoms with E-state index in [-0.39, 0.29) is 17.9 Å². The number of amides is 2. The number of rotatable bonds is 4. The molecule has 2 heterocycles. The molecule has 6 heteroatoms. The quantitative estimate of drug-likeness (QED) is 0.799. The van der Waals surface area contributed by atoms with Crippen molar-refractivity contribution in [2.75, 3.05) is 11.9 Å². The minimum absolute atomic E-state index is 0.111. The van der Waals surface area contributed by atoms with E-state index in [1.165, 1.54) is 6.92 Å². The van der Waals surface area contributed by atoms with E-state index in [4.69, 9.17) is 4.42 Å². The molecule has 1 aliphatic heterocycles. The summed E-state index contributed by atoms with van der Waals surface area (Å²) in [5, 5.41) is 9.24. The number of nitrogens with one attached hydrogen (secondary N) is 3. The second-order valence-electron chi connectivity index (χ2n) is 6.85. The number of piperidine rings is 1. The molecule has 1 saturated carbocycles. The zero-order valence-electron chi connectivity index (χ0n) is 14.0. The Bertz CT molecular complexity index is 797. The first-order chi connectivity index (χ1) is 12.1. The van der Waals surface area contributed by atoms with Crippen LogP contribution in [0.2, 0.25) is 0 Å². The summed E-state index contributed by atoms with van der Waals surface area (Å²) in [5.41, 5.74) is 1.58. The highest BCUT2D eigenvalue weighted by Gasteiger charge is 2.40. The van der Waals surface area contributed by atoms with Gasteiger partial charge >= 0.3 is 0 Å². The molecule has 6 nitrogen and oxygen atoms in total. The number of hydrogen-bond acceptors (Lipinski definition) is 4. The number of furan rings is 1. The van der Waals surface area contributed by atoms with E-state index in [9.17, 15) is 9.59 Å². The Kier molecular flexibility index (Phi) is 4.05. The smallest absolute Gasteiger partial charge is 0.287 e. The molecule has 25 heavy (non-hydrogen) atoms. The first kappa shape index (κ1) is 15.9. The minimum Gasteiger partial charge on any atom is -0.451 e. The van der Waals surface area contributed by atoms with Crippen molar-refractivity contribution >= 4 is 17.5 Å². The number of hydrogen-bond donors (Lipinski definition) is 3. The lowest BCUT2D eigenvalue weighted by Crippen LogP contribution is -2.47. The maximum Gasteiger partial charge on any atom is 0.287 e. The lowest BCUT2D eigenvalue weighted by molar-refractivity contribution is -0.114. The fourth-order valence-electron chi connectivity index (χ4n) is 3.79. The Hall–Kier alpha value is -2.60. The molecule has 4 rings (SSSR count). The van der Waals surface area contributed by atoms with Gasteiger partial charge in [-0.05, 0) is 61.7 Å². The molecule has 0 spiro atoms. The van der Waals surface area contributed by atoms with Gasteiger partial charge in [-0.15, -0.1) is 0 Å². The van der Waals surface area contributed by atoms with Crippen molar-refractivity contribution in [2.45, 2.75) is 31.8 Å². The normalized spacial score (nSPS) is 24.3. The van der Waals surface area contributed by atoms with Crippen LogP contribution in [0, 0.1) is 5.92 Å². The van der Waals surface area contributed by atoms with E-state index in [1.54, 1.807) is 24.3 Å². The third-order valence-corrected chi connectivity index (χ3v) is 4.97. The van der Waals surface area contributed by atoms with Gasteiger partial charge in [0.25, 0.3) is 5.91 Å². The summed E-state index contributed by atoms with van der Waals surface area (Å²) in [6.07, 6.45) is 2.19. The fourth-order valence-corrected chi connectivity index (χ4v) is 3.79. The molecular formula is C19H21N3O3. The van der Waals surface area contributed by atoms with Crippen LogP contribution < -0.4 is 16.0 Å². The van der Waals surface area contributed by atoms with Crippen LogP contribution in [0.15, 0.2) is 40.8 Å². The Morgan fingerprint density at radius 2 is 1.92 bits per heavy atom. The zero-order valence-corrected chi connectivity index (χ0v) is 14.0. The summed E-state index contributed by atoms with van der Waals surface area (Å²) < 4.78 is 5.72. The summed E-state index contributed by atoms with van der Waals surface area (Å²) in [6.45, 7) is 2.54. The third kappa shape index (κ3) is 3.30. The van der Waals surface area contributed by atoms with Crippen molar-refractivity contribution in [3.05, 3.63) is 42.2 Å². The van der Waals surface area contributed by atoms with Crippen molar-refractivity contribution in [2.24, 2.45) is 5.92 Å². The molecule has 1 aliphatic carbocycles. The summed E-state index contributed by atoms with van der Waals surface area (Å²) in [7, 11) is 0. The second-order valence-corrected chi connectivity index (χ2v) is 6.85. The zero-order chi connectivity index (χ0) is 17.4. The molecule has 2 bridgehead atoms. The lowest BCUT2D eigenvalue weighted by atomic mass is 10.1. The van der Waals surface area contributed by atoms with Crippen molar-refractivity contribution in [3.8, 4) is 11.3 Å². The van der Waals surface area contributed by atoms with Gasteiger partial charge in [0.05, 0.1) is 0 Å². The van der Waals surface area contributed by atoms with Gasteiger partial charge in [0.1, 0.15) is 5.76 Å². The third-order valence-electron chi connectivity index (χ3n) is 4.97. The summed E-state index contributed by atoms with van der Waals surface area (Å²) in [5.74, 6) is 1.36. The monoisotopic (exact) mass is 339 g/mol. The minimum atomic E-state index is -0.166. The lowest BCUT2D eigenvalue weighted by Gasteiger charge is -2.23.